The van der Waals surface area contributed by atoms with Crippen molar-refractivity contribution in [2.75, 3.05) is 7.11 Å². The molecule has 0 radical (unpaired) electrons. The molecule has 4 heteroatoms. The lowest BCUT2D eigenvalue weighted by Crippen LogP contribution is -2.07. The third-order valence-corrected chi connectivity index (χ3v) is 3.20. The summed E-state index contributed by atoms with van der Waals surface area (Å²) in [6.45, 7) is 3.48. The topological polar surface area (TPSA) is 53.1 Å². The third-order valence-electron chi connectivity index (χ3n) is 3.20. The lowest BCUT2D eigenvalue weighted by molar-refractivity contribution is 0.408. The van der Waals surface area contributed by atoms with E-state index in [-0.39, 0.29) is 0 Å². The fraction of sp³-hybridized carbons (Fsp3) is 0.400. The van der Waals surface area contributed by atoms with Crippen LogP contribution in [0.1, 0.15) is 30.3 Å². The van der Waals surface area contributed by atoms with E-state index >= 15 is 0 Å². The molecule has 0 aliphatic rings. The van der Waals surface area contributed by atoms with Gasteiger partial charge in [-0.15, -0.1) is 0 Å². The summed E-state index contributed by atoms with van der Waals surface area (Å²) in [4.78, 5) is 4.40. The number of hydrogen-bond donors (Lipinski definition) is 1. The average Bonchev–Trinajstić information content (AvgIpc) is 2.86. The second-order valence-corrected chi connectivity index (χ2v) is 4.57. The molecule has 1 aromatic heterocycles. The van der Waals surface area contributed by atoms with E-state index in [0.29, 0.717) is 6.54 Å². The Kier molecular flexibility index (Phi) is 4.58. The summed E-state index contributed by atoms with van der Waals surface area (Å²) >= 11 is 0. The van der Waals surface area contributed by atoms with Gasteiger partial charge in [-0.1, -0.05) is 13.0 Å². The number of benzene rings is 1. The number of ether oxygens (including phenoxy) is 1. The first-order valence-electron chi connectivity index (χ1n) is 6.64. The van der Waals surface area contributed by atoms with Crippen LogP contribution < -0.4 is 10.5 Å². The Morgan fingerprint density at radius 1 is 1.37 bits per heavy atom. The van der Waals surface area contributed by atoms with Gasteiger partial charge in [-0.2, -0.15) is 0 Å². The first-order chi connectivity index (χ1) is 9.28. The maximum absolute atomic E-state index is 5.70. The number of aryl methyl sites for hydroxylation is 1. The first-order valence-corrected chi connectivity index (χ1v) is 6.64. The van der Waals surface area contributed by atoms with E-state index in [2.05, 4.69) is 22.5 Å². The maximum atomic E-state index is 5.70. The highest BCUT2D eigenvalue weighted by atomic mass is 16.5. The number of imidazole rings is 1. The minimum Gasteiger partial charge on any atom is -0.496 e. The van der Waals surface area contributed by atoms with Crippen molar-refractivity contribution in [3.05, 3.63) is 47.5 Å². The number of rotatable bonds is 6. The van der Waals surface area contributed by atoms with E-state index in [1.54, 1.807) is 7.11 Å². The van der Waals surface area contributed by atoms with Gasteiger partial charge in [0.15, 0.2) is 0 Å². The van der Waals surface area contributed by atoms with Gasteiger partial charge in [0.05, 0.1) is 13.7 Å². The Labute approximate surface area is 114 Å². The summed E-state index contributed by atoms with van der Waals surface area (Å²) in [5, 5.41) is 0. The molecule has 19 heavy (non-hydrogen) atoms. The SMILES string of the molecule is CCCc1nccn1Cc1cc(CN)ccc1OC. The monoisotopic (exact) mass is 259 g/mol. The minimum atomic E-state index is 0.544. The minimum absolute atomic E-state index is 0.544. The average molecular weight is 259 g/mol. The fourth-order valence-electron chi connectivity index (χ4n) is 2.20. The molecule has 0 aliphatic carbocycles. The lowest BCUT2D eigenvalue weighted by Gasteiger charge is -2.12. The maximum Gasteiger partial charge on any atom is 0.123 e. The normalized spacial score (nSPS) is 10.7. The van der Waals surface area contributed by atoms with Gasteiger partial charge in [0.1, 0.15) is 11.6 Å². The highest BCUT2D eigenvalue weighted by Gasteiger charge is 2.08. The molecular weight excluding hydrogens is 238 g/mol. The van der Waals surface area contributed by atoms with Gasteiger partial charge < -0.3 is 15.0 Å². The zero-order chi connectivity index (χ0) is 13.7. The number of nitrogens with two attached hydrogens (primary N) is 1. The molecule has 0 fully saturated rings. The molecule has 0 saturated carbocycles. The summed E-state index contributed by atoms with van der Waals surface area (Å²) in [6.07, 6.45) is 5.95. The van der Waals surface area contributed by atoms with Crippen molar-refractivity contribution in [1.82, 2.24) is 9.55 Å². The molecule has 102 valence electrons. The van der Waals surface area contributed by atoms with Gasteiger partial charge in [0.2, 0.25) is 0 Å². The zero-order valence-corrected chi connectivity index (χ0v) is 11.6. The van der Waals surface area contributed by atoms with Crippen LogP contribution in [0.3, 0.4) is 0 Å². The van der Waals surface area contributed by atoms with E-state index in [0.717, 1.165) is 42.1 Å². The predicted molar refractivity (Wildman–Crippen MR) is 76.2 cm³/mol. The molecule has 2 rings (SSSR count). The van der Waals surface area contributed by atoms with Crippen LogP contribution in [0.4, 0.5) is 0 Å². The summed E-state index contributed by atoms with van der Waals surface area (Å²) < 4.78 is 7.59. The largest absolute Gasteiger partial charge is 0.496 e. The number of methoxy groups -OCH3 is 1. The van der Waals surface area contributed by atoms with E-state index < -0.39 is 0 Å². The van der Waals surface area contributed by atoms with Crippen molar-refractivity contribution in [2.24, 2.45) is 5.73 Å². The van der Waals surface area contributed by atoms with Gasteiger partial charge in [-0.25, -0.2) is 4.98 Å². The van der Waals surface area contributed by atoms with Crippen molar-refractivity contribution < 1.29 is 4.74 Å². The van der Waals surface area contributed by atoms with Crippen molar-refractivity contribution in [3.8, 4) is 5.75 Å². The summed E-state index contributed by atoms with van der Waals surface area (Å²) in [6, 6.07) is 6.09. The molecule has 0 aliphatic heterocycles. The van der Waals surface area contributed by atoms with E-state index in [1.807, 2.05) is 24.5 Å². The smallest absolute Gasteiger partial charge is 0.123 e. The van der Waals surface area contributed by atoms with Crippen LogP contribution >= 0.6 is 0 Å². The Hall–Kier alpha value is -1.81. The van der Waals surface area contributed by atoms with Crippen molar-refractivity contribution >= 4 is 0 Å². The van der Waals surface area contributed by atoms with Crippen molar-refractivity contribution in [3.63, 3.8) is 0 Å². The molecule has 1 aromatic carbocycles. The van der Waals surface area contributed by atoms with Crippen LogP contribution in [0, 0.1) is 0 Å². The van der Waals surface area contributed by atoms with E-state index in [1.165, 1.54) is 0 Å². The highest BCUT2D eigenvalue weighted by molar-refractivity contribution is 5.37. The lowest BCUT2D eigenvalue weighted by atomic mass is 10.1. The third kappa shape index (κ3) is 3.15. The molecule has 4 nitrogen and oxygen atoms in total. The van der Waals surface area contributed by atoms with E-state index in [9.17, 15) is 0 Å². The Morgan fingerprint density at radius 3 is 2.89 bits per heavy atom. The van der Waals surface area contributed by atoms with Gasteiger partial charge in [-0.05, 0) is 24.1 Å². The quantitative estimate of drug-likeness (QED) is 0.866. The van der Waals surface area contributed by atoms with Crippen LogP contribution in [-0.4, -0.2) is 16.7 Å². The molecule has 0 atom stereocenters. The van der Waals surface area contributed by atoms with Crippen molar-refractivity contribution in [2.45, 2.75) is 32.9 Å². The summed E-state index contributed by atoms with van der Waals surface area (Å²) in [5.74, 6) is 2.01. The zero-order valence-electron chi connectivity index (χ0n) is 11.6. The van der Waals surface area contributed by atoms with Crippen LogP contribution in [0.25, 0.3) is 0 Å². The fourth-order valence-corrected chi connectivity index (χ4v) is 2.20. The second-order valence-electron chi connectivity index (χ2n) is 4.57. The Bertz CT molecular complexity index is 534. The molecule has 1 heterocycles. The Morgan fingerprint density at radius 2 is 2.21 bits per heavy atom. The van der Waals surface area contributed by atoms with Gasteiger partial charge in [0, 0.05) is 30.9 Å². The van der Waals surface area contributed by atoms with Gasteiger partial charge in [0.25, 0.3) is 0 Å². The van der Waals surface area contributed by atoms with E-state index in [4.69, 9.17) is 10.5 Å². The molecule has 0 saturated heterocycles. The van der Waals surface area contributed by atoms with Gasteiger partial charge in [-0.3, -0.25) is 0 Å². The van der Waals surface area contributed by atoms with Crippen LogP contribution in [0.5, 0.6) is 5.75 Å². The molecule has 0 bridgehead atoms. The second kappa shape index (κ2) is 6.38. The number of aromatic nitrogens is 2. The van der Waals surface area contributed by atoms with Crippen LogP contribution in [0.15, 0.2) is 30.6 Å². The van der Waals surface area contributed by atoms with Crippen LogP contribution in [0.2, 0.25) is 0 Å². The number of nitrogens with zero attached hydrogens (tertiary/aromatic N) is 2. The molecule has 2 aromatic rings. The molecular formula is C15H21N3O. The molecule has 0 amide bonds. The van der Waals surface area contributed by atoms with Gasteiger partial charge >= 0.3 is 0 Å². The molecule has 0 unspecified atom stereocenters. The highest BCUT2D eigenvalue weighted by Crippen LogP contribution is 2.21. The summed E-state index contributed by atoms with van der Waals surface area (Å²) in [7, 11) is 1.70. The molecule has 2 N–H and O–H groups in total. The number of hydrogen-bond acceptors (Lipinski definition) is 3. The van der Waals surface area contributed by atoms with Crippen LogP contribution in [-0.2, 0) is 19.5 Å². The predicted octanol–water partition coefficient (Wildman–Crippen LogP) is 2.35. The standard InChI is InChI=1S/C15H21N3O/c1-3-4-15-17-7-8-18(15)11-13-9-12(10-16)5-6-14(13)19-2/h5-9H,3-4,10-11,16H2,1-2H3. The summed E-state index contributed by atoms with van der Waals surface area (Å²) in [5.41, 5.74) is 7.96. The Balaban J connectivity index is 2.28. The van der Waals surface area contributed by atoms with Crippen molar-refractivity contribution in [1.29, 1.82) is 0 Å². The first kappa shape index (κ1) is 13.6. The molecule has 0 spiro atoms.